The highest BCUT2D eigenvalue weighted by Crippen LogP contribution is 2.28. The quantitative estimate of drug-likeness (QED) is 0.0520. The fraction of sp³-hybridized carbons (Fsp3) is 0.845. The highest BCUT2D eigenvalue weighted by Gasteiger charge is 2.46. The van der Waals surface area contributed by atoms with Crippen molar-refractivity contribution < 1.29 is 63.0 Å². The van der Waals surface area contributed by atoms with Crippen LogP contribution in [0.3, 0.4) is 0 Å². The van der Waals surface area contributed by atoms with Gasteiger partial charge < -0.3 is 65.8 Å². The molecule has 96 heavy (non-hydrogen) atoms. The number of hydrogen-bond acceptors (Lipinski definition) is 14. The lowest BCUT2D eigenvalue weighted by Gasteiger charge is -2.41. The number of aliphatic hydroxyl groups is 2. The summed E-state index contributed by atoms with van der Waals surface area (Å²) in [6.45, 7) is 30.5. The Morgan fingerprint density at radius 3 is 1.31 bits per heavy atom. The van der Waals surface area contributed by atoms with Crippen LogP contribution in [0, 0.1) is 41.4 Å². The molecular formula is C71H131N11O13S. The van der Waals surface area contributed by atoms with Gasteiger partial charge in [0.05, 0.1) is 6.10 Å². The number of nitrogens with one attached hydrogen (secondary N) is 4. The lowest BCUT2D eigenvalue weighted by atomic mass is 9.90. The number of rotatable bonds is 26. The zero-order chi connectivity index (χ0) is 73.9. The van der Waals surface area contributed by atoms with Crippen molar-refractivity contribution in [2.45, 2.75) is 286 Å². The Balaban J connectivity index is 4.54. The van der Waals surface area contributed by atoms with Crippen molar-refractivity contribution in [2.75, 3.05) is 61.7 Å². The molecule has 0 saturated carbocycles. The van der Waals surface area contributed by atoms with Crippen molar-refractivity contribution in [2.24, 2.45) is 41.4 Å². The zero-order valence-electron chi connectivity index (χ0n) is 63.4. The normalized spacial score (nSPS) is 25.9. The van der Waals surface area contributed by atoms with E-state index in [1.54, 1.807) is 41.5 Å². The Bertz CT molecular complexity index is 2500. The molecule has 0 aromatic rings. The van der Waals surface area contributed by atoms with E-state index in [9.17, 15) is 34.2 Å². The van der Waals surface area contributed by atoms with Crippen LogP contribution < -0.4 is 21.3 Å². The lowest BCUT2D eigenvalue weighted by Crippen LogP contribution is -2.64. The summed E-state index contributed by atoms with van der Waals surface area (Å²) in [5.74, 6) is -9.31. The number of unbranched alkanes of at least 4 members (excludes halogenated alkanes) is 7. The molecule has 24 nitrogen and oxygen atoms in total. The molecule has 0 spiro atoms. The van der Waals surface area contributed by atoms with Gasteiger partial charge in [-0.2, -0.15) is 0 Å². The van der Waals surface area contributed by atoms with E-state index in [1.807, 2.05) is 55.4 Å². The van der Waals surface area contributed by atoms with Crippen molar-refractivity contribution in [1.82, 2.24) is 55.6 Å². The molecule has 1 aliphatic rings. The van der Waals surface area contributed by atoms with Gasteiger partial charge in [-0.3, -0.25) is 52.7 Å². The molecule has 6 N–H and O–H groups in total. The van der Waals surface area contributed by atoms with E-state index < -0.39 is 155 Å². The number of amides is 11. The maximum absolute atomic E-state index is 15.5. The predicted molar refractivity (Wildman–Crippen MR) is 379 cm³/mol. The third-order valence-corrected chi connectivity index (χ3v) is 19.9. The summed E-state index contributed by atoms with van der Waals surface area (Å²) in [7, 11) is 10.1. The second-order valence-electron chi connectivity index (χ2n) is 29.6. The maximum atomic E-state index is 15.5. The van der Waals surface area contributed by atoms with Gasteiger partial charge in [-0.15, -0.1) is 11.8 Å². The predicted octanol–water partition coefficient (Wildman–Crippen LogP) is 6.28. The summed E-state index contributed by atoms with van der Waals surface area (Å²) in [6, 6.07) is -12.5. The van der Waals surface area contributed by atoms with Gasteiger partial charge >= 0.3 is 0 Å². The van der Waals surface area contributed by atoms with E-state index >= 15 is 28.8 Å². The first-order valence-electron chi connectivity index (χ1n) is 35.7. The van der Waals surface area contributed by atoms with Crippen molar-refractivity contribution in [3.63, 3.8) is 0 Å². The first-order chi connectivity index (χ1) is 44.7. The highest BCUT2D eigenvalue weighted by atomic mass is 32.2. The zero-order valence-corrected chi connectivity index (χ0v) is 64.2. The largest absolute Gasteiger partial charge is 0.396 e. The van der Waals surface area contributed by atoms with E-state index in [0.717, 1.165) is 43.4 Å². The van der Waals surface area contributed by atoms with Crippen LogP contribution in [0.15, 0.2) is 0 Å². The molecule has 0 aromatic heterocycles. The maximum Gasteiger partial charge on any atom is 0.256 e. The molecule has 11 amide bonds. The van der Waals surface area contributed by atoms with E-state index in [1.165, 1.54) is 104 Å². The molecule has 1 saturated heterocycles. The third kappa shape index (κ3) is 26.6. The lowest BCUT2D eigenvalue weighted by molar-refractivity contribution is -0.157. The van der Waals surface area contributed by atoms with Crippen molar-refractivity contribution in [3.05, 3.63) is 0 Å². The average Bonchev–Trinajstić information content (AvgIpc) is 0.823. The van der Waals surface area contributed by atoms with Crippen LogP contribution in [-0.2, 0) is 52.7 Å². The number of hydrogen-bond donors (Lipinski definition) is 6. The smallest absolute Gasteiger partial charge is 0.256 e. The Morgan fingerprint density at radius 2 is 0.833 bits per heavy atom. The van der Waals surface area contributed by atoms with E-state index in [4.69, 9.17) is 0 Å². The van der Waals surface area contributed by atoms with Crippen molar-refractivity contribution >= 4 is 76.7 Å². The monoisotopic (exact) mass is 1380 g/mol. The fourth-order valence-corrected chi connectivity index (χ4v) is 13.6. The molecule has 0 aliphatic carbocycles. The van der Waals surface area contributed by atoms with Crippen LogP contribution in [0.4, 0.5) is 0 Å². The topological polar surface area (TPSA) is 299 Å². The molecule has 0 radical (unpaired) electrons. The standard InChI is InChI=1S/C71H131N11O13S/c1-25-27-28-29-32-35-48(15)59(84)58-63(88)74-51(26-2)65(90)82(24)71(96-37-34-31-30-33-36-83)70(95)77(19)53(39-43(5)6)62(87)75-56(46(11)12)68(93)76(18)52(38-42(3)4)61(86)72-49(16)60(85)73-50(17)64(89)78(20)54(40-44(7)8)66(91)79(21)55(41-45(9)10)67(92)80(22)57(47(13)14)69(94)81(58)23/h42-59,71,83-84H,25-41H2,1-24H3,(H,72,86)(H,73,85)(H,74,88)(H,75,87)/t48-,49+,50-,51+,52+,53+,54+,55+,56+,57+,58+,59-,71-/m1/s1. The van der Waals surface area contributed by atoms with Crippen LogP contribution in [0.25, 0.3) is 0 Å². The van der Waals surface area contributed by atoms with Crippen molar-refractivity contribution in [1.29, 1.82) is 0 Å². The Morgan fingerprint density at radius 1 is 0.406 bits per heavy atom. The summed E-state index contributed by atoms with van der Waals surface area (Å²) in [5.41, 5.74) is 0. The minimum absolute atomic E-state index is 0.00641. The van der Waals surface area contributed by atoms with Crippen LogP contribution in [-0.4, -0.2) is 243 Å². The first kappa shape index (κ1) is 88.5. The number of carbonyl (C=O) groups is 11. The minimum Gasteiger partial charge on any atom is -0.396 e. The van der Waals surface area contributed by atoms with E-state index in [-0.39, 0.29) is 62.4 Å². The number of nitrogens with zero attached hydrogens (tertiary/aromatic N) is 7. The second-order valence-corrected chi connectivity index (χ2v) is 30.7. The van der Waals surface area contributed by atoms with Crippen molar-refractivity contribution in [3.8, 4) is 0 Å². The summed E-state index contributed by atoms with van der Waals surface area (Å²) in [6.07, 6.45) is 6.85. The van der Waals surface area contributed by atoms with Crippen LogP contribution >= 0.6 is 11.8 Å². The molecule has 1 fully saturated rings. The van der Waals surface area contributed by atoms with Gasteiger partial charge in [0.2, 0.25) is 59.1 Å². The molecule has 554 valence electrons. The highest BCUT2D eigenvalue weighted by molar-refractivity contribution is 8.00. The van der Waals surface area contributed by atoms with E-state index in [2.05, 4.69) is 28.2 Å². The molecule has 0 bridgehead atoms. The van der Waals surface area contributed by atoms with Gasteiger partial charge in [-0.05, 0) is 112 Å². The Kier molecular flexibility index (Phi) is 39.7. The van der Waals surface area contributed by atoms with E-state index in [0.29, 0.717) is 31.4 Å². The van der Waals surface area contributed by atoms with Gasteiger partial charge in [-0.25, -0.2) is 0 Å². The van der Waals surface area contributed by atoms with Gasteiger partial charge in [0.1, 0.15) is 60.4 Å². The SMILES string of the molecule is CCCCCCC[C@@H](C)[C@@H](O)[C@H]1C(=O)N[C@@H](CC)C(=O)N(C)[C@H](SCCCCCCO)C(=O)N(C)[C@@H](CC(C)C)C(=O)N[C@@H](C(C)C)C(=O)N(C)[C@@H](CC(C)C)C(=O)N[C@@H](C)C(=O)N[C@H](C)C(=O)N(C)[C@@H](CC(C)C)C(=O)N(C)[C@@H](CC(C)C)C(=O)N(C)[C@@H](C(C)C)C(=O)N1C. The van der Waals surface area contributed by atoms with Gasteiger partial charge in [0.25, 0.3) is 5.91 Å². The molecule has 0 aromatic carbocycles. The number of thioether (sulfide) groups is 1. The minimum atomic E-state index is -1.61. The molecule has 25 heteroatoms. The second kappa shape index (κ2) is 43.1. The number of carbonyl (C=O) groups excluding carboxylic acids is 11. The van der Waals surface area contributed by atoms with Crippen LogP contribution in [0.1, 0.15) is 214 Å². The fourth-order valence-electron chi connectivity index (χ4n) is 12.4. The molecule has 0 unspecified atom stereocenters. The third-order valence-electron chi connectivity index (χ3n) is 18.5. The molecular weight excluding hydrogens is 1250 g/mol. The summed E-state index contributed by atoms with van der Waals surface area (Å²) < 4.78 is 0. The van der Waals surface area contributed by atoms with Gasteiger partial charge in [0, 0.05) is 55.9 Å². The summed E-state index contributed by atoms with van der Waals surface area (Å²) in [5, 5.41) is 32.0. The summed E-state index contributed by atoms with van der Waals surface area (Å²) >= 11 is 1.18. The molecule has 13 atom stereocenters. The Labute approximate surface area is 581 Å². The first-order valence-corrected chi connectivity index (χ1v) is 36.7. The van der Waals surface area contributed by atoms with Crippen LogP contribution in [0.5, 0.6) is 0 Å². The van der Waals surface area contributed by atoms with Crippen LogP contribution in [0.2, 0.25) is 0 Å². The molecule has 1 rings (SSSR count). The summed E-state index contributed by atoms with van der Waals surface area (Å²) in [4.78, 5) is 173. The molecule has 1 heterocycles. The van der Waals surface area contributed by atoms with Gasteiger partial charge in [-0.1, -0.05) is 149 Å². The molecule has 1 aliphatic heterocycles. The number of likely N-dealkylation sites (N-methyl/N-ethyl adjacent to an activating group) is 7. The Hall–Kier alpha value is -5.56. The van der Waals surface area contributed by atoms with Gasteiger partial charge in [0.15, 0.2) is 5.37 Å². The number of aliphatic hydroxyl groups excluding tert-OH is 2. The average molecular weight is 1380 g/mol.